The molecular formula is C17H32INO3. The van der Waals surface area contributed by atoms with Crippen LogP contribution in [0.15, 0.2) is 0 Å². The maximum Gasteiger partial charge on any atom is 0.410 e. The van der Waals surface area contributed by atoms with Crippen LogP contribution in [0.3, 0.4) is 0 Å². The van der Waals surface area contributed by atoms with Crippen LogP contribution in [0.4, 0.5) is 4.79 Å². The molecule has 130 valence electrons. The Labute approximate surface area is 149 Å². The largest absolute Gasteiger partial charge is 0.444 e. The lowest BCUT2D eigenvalue weighted by atomic mass is 10.1. The molecule has 4 nitrogen and oxygen atoms in total. The van der Waals surface area contributed by atoms with Crippen molar-refractivity contribution in [3.63, 3.8) is 0 Å². The number of carbonyl (C=O) groups excluding carboxylic acids is 1. The van der Waals surface area contributed by atoms with Crippen LogP contribution in [-0.2, 0) is 9.47 Å². The van der Waals surface area contributed by atoms with Crippen LogP contribution in [0, 0.1) is 5.92 Å². The number of nitrogens with zero attached hydrogens (tertiary/aromatic N) is 1. The van der Waals surface area contributed by atoms with Gasteiger partial charge in [0.15, 0.2) is 0 Å². The summed E-state index contributed by atoms with van der Waals surface area (Å²) in [4.78, 5) is 14.1. The van der Waals surface area contributed by atoms with Gasteiger partial charge in [-0.25, -0.2) is 4.79 Å². The average Bonchev–Trinajstić information content (AvgIpc) is 2.79. The first-order chi connectivity index (χ1) is 10.1. The first-order valence-corrected chi connectivity index (χ1v) is 9.83. The number of rotatable bonds is 6. The number of likely N-dealkylation sites (N-methyl/N-ethyl adjacent to an activating group) is 1. The molecule has 0 spiro atoms. The fourth-order valence-corrected chi connectivity index (χ4v) is 3.23. The van der Waals surface area contributed by atoms with Crippen LogP contribution in [-0.4, -0.2) is 45.8 Å². The van der Waals surface area contributed by atoms with Gasteiger partial charge in [-0.1, -0.05) is 29.5 Å². The molecule has 0 heterocycles. The molecule has 0 aromatic rings. The van der Waals surface area contributed by atoms with Gasteiger partial charge in [-0.05, 0) is 59.8 Å². The van der Waals surface area contributed by atoms with Crippen LogP contribution in [0.2, 0.25) is 0 Å². The molecular weight excluding hydrogens is 393 g/mol. The summed E-state index contributed by atoms with van der Waals surface area (Å²) in [6.45, 7) is 13.3. The molecule has 1 aliphatic carbocycles. The third kappa shape index (κ3) is 6.60. The summed E-state index contributed by atoms with van der Waals surface area (Å²) >= 11 is 2.36. The van der Waals surface area contributed by atoms with Crippen molar-refractivity contribution < 1.29 is 14.3 Å². The van der Waals surface area contributed by atoms with E-state index >= 15 is 0 Å². The molecule has 0 bridgehead atoms. The molecule has 22 heavy (non-hydrogen) atoms. The molecule has 3 atom stereocenters. The monoisotopic (exact) mass is 425 g/mol. The lowest BCUT2D eigenvalue weighted by molar-refractivity contribution is -0.0808. The average molecular weight is 425 g/mol. The second-order valence-corrected chi connectivity index (χ2v) is 8.50. The minimum Gasteiger partial charge on any atom is -0.444 e. The fourth-order valence-electron chi connectivity index (χ4n) is 2.81. The predicted octanol–water partition coefficient (Wildman–Crippen LogP) is 4.64. The van der Waals surface area contributed by atoms with Crippen molar-refractivity contribution in [2.45, 2.75) is 78.1 Å². The van der Waals surface area contributed by atoms with Crippen molar-refractivity contribution in [1.29, 1.82) is 0 Å². The van der Waals surface area contributed by atoms with Crippen LogP contribution in [0.5, 0.6) is 0 Å². The maximum atomic E-state index is 12.3. The van der Waals surface area contributed by atoms with Crippen LogP contribution < -0.4 is 0 Å². The normalized spacial score (nSPS) is 24.9. The van der Waals surface area contributed by atoms with E-state index in [1.807, 2.05) is 27.7 Å². The quantitative estimate of drug-likeness (QED) is 0.460. The Morgan fingerprint density at radius 3 is 2.32 bits per heavy atom. The van der Waals surface area contributed by atoms with Gasteiger partial charge in [0.05, 0.1) is 18.2 Å². The highest BCUT2D eigenvalue weighted by molar-refractivity contribution is 14.1. The van der Waals surface area contributed by atoms with E-state index in [2.05, 4.69) is 36.4 Å². The second kappa shape index (κ2) is 8.18. The van der Waals surface area contributed by atoms with Gasteiger partial charge in [0, 0.05) is 11.0 Å². The van der Waals surface area contributed by atoms with Crippen LogP contribution in [0.1, 0.15) is 60.8 Å². The minimum absolute atomic E-state index is 0.255. The third-order valence-corrected chi connectivity index (χ3v) is 5.55. The third-order valence-electron chi connectivity index (χ3n) is 3.94. The Balaban J connectivity index is 2.66. The number of halogens is 1. The Hall–Kier alpha value is -0.0400. The second-order valence-electron chi connectivity index (χ2n) is 7.74. The molecule has 0 N–H and O–H groups in total. The zero-order valence-electron chi connectivity index (χ0n) is 14.9. The Morgan fingerprint density at radius 1 is 1.27 bits per heavy atom. The summed E-state index contributed by atoms with van der Waals surface area (Å²) in [5, 5.41) is 0. The van der Waals surface area contributed by atoms with E-state index in [4.69, 9.17) is 9.47 Å². The number of carbonyl (C=O) groups is 1. The zero-order valence-corrected chi connectivity index (χ0v) is 17.1. The van der Waals surface area contributed by atoms with Gasteiger partial charge in [-0.3, -0.25) is 0 Å². The lowest BCUT2D eigenvalue weighted by Gasteiger charge is -2.36. The lowest BCUT2D eigenvalue weighted by Crippen LogP contribution is -2.49. The van der Waals surface area contributed by atoms with Crippen molar-refractivity contribution in [2.24, 2.45) is 5.92 Å². The van der Waals surface area contributed by atoms with E-state index in [0.29, 0.717) is 19.2 Å². The van der Waals surface area contributed by atoms with E-state index in [1.54, 1.807) is 4.90 Å². The van der Waals surface area contributed by atoms with Crippen LogP contribution in [0.25, 0.3) is 0 Å². The standard InChI is InChI=1S/C17H32INO3/c1-7-19(15(20)22-16(3,4)5)12-17(6,11-18)21-14-9-8-13(2)10-14/h13-14H,7-12H2,1-6H3. The number of ether oxygens (including phenoxy) is 2. The van der Waals surface area contributed by atoms with Gasteiger partial charge in [-0.2, -0.15) is 0 Å². The molecule has 0 radical (unpaired) electrons. The zero-order chi connectivity index (χ0) is 17.0. The van der Waals surface area contributed by atoms with E-state index in [0.717, 1.165) is 23.2 Å². The summed E-state index contributed by atoms with van der Waals surface area (Å²) < 4.78 is 12.7. The van der Waals surface area contributed by atoms with Gasteiger partial charge in [-0.15, -0.1) is 0 Å². The first kappa shape index (κ1) is 20.0. The van der Waals surface area contributed by atoms with Gasteiger partial charge in [0.2, 0.25) is 0 Å². The molecule has 1 rings (SSSR count). The van der Waals surface area contributed by atoms with Gasteiger partial charge < -0.3 is 14.4 Å². The predicted molar refractivity (Wildman–Crippen MR) is 98.7 cm³/mol. The minimum atomic E-state index is -0.465. The smallest absolute Gasteiger partial charge is 0.410 e. The van der Waals surface area contributed by atoms with E-state index in [9.17, 15) is 4.79 Å². The Bertz CT molecular complexity index is 369. The number of hydrogen-bond acceptors (Lipinski definition) is 3. The van der Waals surface area contributed by atoms with Crippen molar-refractivity contribution >= 4 is 28.7 Å². The highest BCUT2D eigenvalue weighted by Crippen LogP contribution is 2.31. The molecule has 0 aromatic heterocycles. The van der Waals surface area contributed by atoms with E-state index in [1.165, 1.54) is 6.42 Å². The Kier molecular flexibility index (Phi) is 7.43. The molecule has 1 saturated carbocycles. The number of alkyl halides is 1. The van der Waals surface area contributed by atoms with Crippen molar-refractivity contribution in [3.05, 3.63) is 0 Å². The highest BCUT2D eigenvalue weighted by atomic mass is 127. The molecule has 3 unspecified atom stereocenters. The highest BCUT2D eigenvalue weighted by Gasteiger charge is 2.35. The summed E-state index contributed by atoms with van der Waals surface area (Å²) in [7, 11) is 0. The summed E-state index contributed by atoms with van der Waals surface area (Å²) in [5.41, 5.74) is -0.783. The van der Waals surface area contributed by atoms with E-state index in [-0.39, 0.29) is 11.7 Å². The van der Waals surface area contributed by atoms with Gasteiger partial charge in [0.25, 0.3) is 0 Å². The van der Waals surface area contributed by atoms with Crippen molar-refractivity contribution in [2.75, 3.05) is 17.5 Å². The van der Waals surface area contributed by atoms with Crippen molar-refractivity contribution in [1.82, 2.24) is 4.90 Å². The first-order valence-electron chi connectivity index (χ1n) is 8.30. The number of hydrogen-bond donors (Lipinski definition) is 0. The van der Waals surface area contributed by atoms with Gasteiger partial charge in [0.1, 0.15) is 5.60 Å². The molecule has 0 saturated heterocycles. The summed E-state index contributed by atoms with van der Waals surface area (Å²) in [5.74, 6) is 0.747. The molecule has 1 fully saturated rings. The summed E-state index contributed by atoms with van der Waals surface area (Å²) in [6, 6.07) is 0. The molecule has 1 aliphatic rings. The topological polar surface area (TPSA) is 38.8 Å². The van der Waals surface area contributed by atoms with Crippen molar-refractivity contribution in [3.8, 4) is 0 Å². The Morgan fingerprint density at radius 2 is 1.91 bits per heavy atom. The van der Waals surface area contributed by atoms with E-state index < -0.39 is 5.60 Å². The molecule has 0 aromatic carbocycles. The number of amides is 1. The fraction of sp³-hybridized carbons (Fsp3) is 0.941. The summed E-state index contributed by atoms with van der Waals surface area (Å²) in [6.07, 6.45) is 3.57. The SMILES string of the molecule is CCN(CC(C)(CI)OC1CCC(C)C1)C(=O)OC(C)(C)C. The molecule has 1 amide bonds. The van der Waals surface area contributed by atoms with Crippen LogP contribution >= 0.6 is 22.6 Å². The van der Waals surface area contributed by atoms with Gasteiger partial charge >= 0.3 is 6.09 Å². The molecule has 5 heteroatoms. The maximum absolute atomic E-state index is 12.3. The molecule has 0 aliphatic heterocycles.